The summed E-state index contributed by atoms with van der Waals surface area (Å²) in [5.74, 6) is 0.332. The van der Waals surface area contributed by atoms with Gasteiger partial charge in [-0.2, -0.15) is 18.4 Å². The number of carbonyl (C=O) groups is 1. The number of ether oxygens (including phenoxy) is 2. The lowest BCUT2D eigenvalue weighted by Crippen LogP contribution is -2.32. The number of anilines is 2. The molecule has 0 radical (unpaired) electrons. The van der Waals surface area contributed by atoms with Gasteiger partial charge in [-0.05, 0) is 49.7 Å². The smallest absolute Gasteiger partial charge is 0.434 e. The molecule has 1 aliphatic heterocycles. The van der Waals surface area contributed by atoms with Crippen molar-refractivity contribution in [3.8, 4) is 6.07 Å². The van der Waals surface area contributed by atoms with Gasteiger partial charge in [0.2, 0.25) is 5.95 Å². The Morgan fingerprint density at radius 2 is 1.95 bits per heavy atom. The lowest BCUT2D eigenvalue weighted by molar-refractivity contribution is -0.137. The summed E-state index contributed by atoms with van der Waals surface area (Å²) in [6.45, 7) is 3.28. The van der Waals surface area contributed by atoms with Crippen molar-refractivity contribution < 1.29 is 27.4 Å². The van der Waals surface area contributed by atoms with Gasteiger partial charge in [0.25, 0.3) is 0 Å². The molecule has 192 valence electrons. The molecule has 12 heteroatoms. The van der Waals surface area contributed by atoms with Crippen LogP contribution in [0.5, 0.6) is 0 Å². The second-order valence-electron chi connectivity index (χ2n) is 8.27. The maximum Gasteiger partial charge on any atom is 0.513 e. The lowest BCUT2D eigenvalue weighted by atomic mass is 10.00. The molecule has 1 atom stereocenters. The Hall–Kier alpha value is -4.92. The van der Waals surface area contributed by atoms with E-state index in [2.05, 4.69) is 21.0 Å². The van der Waals surface area contributed by atoms with Gasteiger partial charge in [0, 0.05) is 5.69 Å². The van der Waals surface area contributed by atoms with Gasteiger partial charge in [0.05, 0.1) is 35.7 Å². The number of halogens is 3. The van der Waals surface area contributed by atoms with Crippen molar-refractivity contribution in [2.75, 3.05) is 11.5 Å². The molecule has 1 unspecified atom stereocenters. The predicted molar refractivity (Wildman–Crippen MR) is 129 cm³/mol. The van der Waals surface area contributed by atoms with Crippen molar-refractivity contribution >= 4 is 29.0 Å². The van der Waals surface area contributed by atoms with Crippen molar-refractivity contribution in [3.05, 3.63) is 89.2 Å². The number of hydrogen-bond acceptors (Lipinski definition) is 8. The van der Waals surface area contributed by atoms with Gasteiger partial charge in [-0.1, -0.05) is 18.2 Å². The zero-order valence-electron chi connectivity index (χ0n) is 20.1. The normalized spacial score (nSPS) is 15.3. The van der Waals surface area contributed by atoms with E-state index in [0.717, 1.165) is 12.1 Å². The average molecular weight is 520 g/mol. The Morgan fingerprint density at radius 1 is 1.18 bits per heavy atom. The molecule has 0 amide bonds. The molecular weight excluding hydrogens is 501 g/mol. The molecule has 0 saturated heterocycles. The predicted octanol–water partition coefficient (Wildman–Crippen LogP) is 5.86. The molecular formula is C26H19F3N6O3. The number of alkyl halides is 3. The van der Waals surface area contributed by atoms with E-state index in [1.165, 1.54) is 29.6 Å². The molecule has 4 aromatic rings. The molecule has 5 rings (SSSR count). The minimum absolute atomic E-state index is 0.0521. The van der Waals surface area contributed by atoms with Gasteiger partial charge in [0.15, 0.2) is 11.4 Å². The van der Waals surface area contributed by atoms with Crippen LogP contribution in [0.1, 0.15) is 36.6 Å². The van der Waals surface area contributed by atoms with E-state index in [-0.39, 0.29) is 24.0 Å². The van der Waals surface area contributed by atoms with Crippen LogP contribution in [-0.2, 0) is 15.7 Å². The van der Waals surface area contributed by atoms with Crippen molar-refractivity contribution in [1.82, 2.24) is 19.5 Å². The van der Waals surface area contributed by atoms with Crippen molar-refractivity contribution in [2.45, 2.75) is 26.1 Å². The van der Waals surface area contributed by atoms with Crippen molar-refractivity contribution in [3.63, 3.8) is 0 Å². The van der Waals surface area contributed by atoms with Gasteiger partial charge in [-0.15, -0.1) is 0 Å². The van der Waals surface area contributed by atoms with Gasteiger partial charge < -0.3 is 9.47 Å². The number of rotatable bonds is 4. The first-order valence-electron chi connectivity index (χ1n) is 11.4. The van der Waals surface area contributed by atoms with E-state index in [9.17, 15) is 23.2 Å². The summed E-state index contributed by atoms with van der Waals surface area (Å²) in [5.41, 5.74) is 1.37. The number of nitriles is 1. The molecule has 0 fully saturated rings. The zero-order valence-corrected chi connectivity index (χ0v) is 20.1. The zero-order chi connectivity index (χ0) is 27.0. The fourth-order valence-corrected chi connectivity index (χ4v) is 4.35. The van der Waals surface area contributed by atoms with Gasteiger partial charge in [-0.25, -0.2) is 19.7 Å². The molecule has 2 aromatic heterocycles. The topological polar surface area (TPSA) is 106 Å². The Morgan fingerprint density at radius 3 is 2.63 bits per heavy atom. The van der Waals surface area contributed by atoms with Crippen LogP contribution in [0.4, 0.5) is 29.6 Å². The maximum absolute atomic E-state index is 13.6. The summed E-state index contributed by atoms with van der Waals surface area (Å²) in [6.07, 6.45) is -2.76. The summed E-state index contributed by atoms with van der Waals surface area (Å²) >= 11 is 0. The first-order valence-corrected chi connectivity index (χ1v) is 11.4. The molecule has 0 N–H and O–H groups in total. The minimum Gasteiger partial charge on any atom is -0.434 e. The van der Waals surface area contributed by atoms with E-state index in [1.54, 1.807) is 42.7 Å². The van der Waals surface area contributed by atoms with Crippen LogP contribution in [0, 0.1) is 11.3 Å². The largest absolute Gasteiger partial charge is 0.513 e. The molecule has 3 heterocycles. The average Bonchev–Trinajstić information content (AvgIpc) is 3.28. The third-order valence-corrected chi connectivity index (χ3v) is 5.98. The highest BCUT2D eigenvalue weighted by atomic mass is 19.4. The highest BCUT2D eigenvalue weighted by Crippen LogP contribution is 2.45. The Kier molecular flexibility index (Phi) is 6.20. The third-order valence-electron chi connectivity index (χ3n) is 5.98. The van der Waals surface area contributed by atoms with E-state index in [1.807, 2.05) is 0 Å². The number of hydrogen-bond donors (Lipinski definition) is 0. The van der Waals surface area contributed by atoms with Crippen LogP contribution in [-0.4, -0.2) is 32.3 Å². The quantitative estimate of drug-likeness (QED) is 0.308. The summed E-state index contributed by atoms with van der Waals surface area (Å²) in [6, 6.07) is 12.6. The molecule has 0 aliphatic carbocycles. The van der Waals surface area contributed by atoms with Gasteiger partial charge >= 0.3 is 12.3 Å². The van der Waals surface area contributed by atoms with Crippen molar-refractivity contribution in [1.29, 1.82) is 5.26 Å². The highest BCUT2D eigenvalue weighted by Gasteiger charge is 2.39. The van der Waals surface area contributed by atoms with Crippen LogP contribution in [0.3, 0.4) is 0 Å². The molecule has 2 aromatic carbocycles. The Bertz CT molecular complexity index is 1610. The van der Waals surface area contributed by atoms with E-state index >= 15 is 0 Å². The SMILES string of the molecule is CCOC(=O)OC1=C(C)N(c2cccc(C(F)(F)F)c2)c2nc3cncnc3n2C1c1ccc(C#N)cc1. The Labute approximate surface area is 214 Å². The van der Waals surface area contributed by atoms with E-state index < -0.39 is 23.9 Å². The third kappa shape index (κ3) is 4.28. The number of benzene rings is 2. The number of allylic oxidation sites excluding steroid dienone is 2. The maximum atomic E-state index is 13.6. The van der Waals surface area contributed by atoms with Crippen LogP contribution >= 0.6 is 0 Å². The molecule has 0 saturated carbocycles. The number of fused-ring (bicyclic) bond motifs is 3. The second kappa shape index (κ2) is 9.51. The molecule has 0 bridgehead atoms. The summed E-state index contributed by atoms with van der Waals surface area (Å²) in [5, 5.41) is 9.25. The summed E-state index contributed by atoms with van der Waals surface area (Å²) in [4.78, 5) is 27.0. The van der Waals surface area contributed by atoms with Gasteiger partial charge in [0.1, 0.15) is 17.9 Å². The number of carbonyl (C=O) groups excluding carboxylic acids is 1. The van der Waals surface area contributed by atoms with E-state index in [0.29, 0.717) is 28.0 Å². The molecule has 0 spiro atoms. The Balaban J connectivity index is 1.80. The number of aromatic nitrogens is 4. The first-order chi connectivity index (χ1) is 18.2. The van der Waals surface area contributed by atoms with Crippen LogP contribution in [0.15, 0.2) is 72.5 Å². The van der Waals surface area contributed by atoms with Crippen LogP contribution < -0.4 is 4.90 Å². The fourth-order valence-electron chi connectivity index (χ4n) is 4.35. The van der Waals surface area contributed by atoms with Crippen LogP contribution in [0.2, 0.25) is 0 Å². The standard InChI is InChI=1S/C26H19F3N6O3/c1-3-37-25(36)38-22-15(2)34(19-6-4-5-18(11-19)26(27,28)29)24-33-20-13-31-14-32-23(20)35(24)21(22)17-9-7-16(12-30)8-10-17/h4-11,13-14,21H,3H2,1-2H3. The van der Waals surface area contributed by atoms with Gasteiger partial charge in [-0.3, -0.25) is 9.47 Å². The van der Waals surface area contributed by atoms with Crippen molar-refractivity contribution in [2.24, 2.45) is 0 Å². The highest BCUT2D eigenvalue weighted by molar-refractivity contribution is 5.80. The van der Waals surface area contributed by atoms with Crippen LogP contribution in [0.25, 0.3) is 11.2 Å². The minimum atomic E-state index is -4.58. The van der Waals surface area contributed by atoms with E-state index in [4.69, 9.17) is 9.47 Å². The monoisotopic (exact) mass is 520 g/mol. The molecule has 38 heavy (non-hydrogen) atoms. The molecule has 9 nitrogen and oxygen atoms in total. The first kappa shape index (κ1) is 24.8. The number of nitrogens with zero attached hydrogens (tertiary/aromatic N) is 6. The second-order valence-corrected chi connectivity index (χ2v) is 8.27. The summed E-state index contributed by atoms with van der Waals surface area (Å²) in [7, 11) is 0. The fraction of sp³-hybridized carbons (Fsp3) is 0.192. The lowest BCUT2D eigenvalue weighted by Gasteiger charge is -2.36. The molecule has 1 aliphatic rings. The number of imidazole rings is 1. The summed E-state index contributed by atoms with van der Waals surface area (Å²) < 4.78 is 53.1.